The number of carbonyl (C=O) groups excluding carboxylic acids is 1. The van der Waals surface area contributed by atoms with Gasteiger partial charge in [0.2, 0.25) is 0 Å². The zero-order chi connectivity index (χ0) is 14.5. The van der Waals surface area contributed by atoms with Crippen LogP contribution in [0.3, 0.4) is 0 Å². The minimum absolute atomic E-state index is 0.245. The average molecular weight is 311 g/mol. The normalized spacial score (nSPS) is 10.8. The lowest BCUT2D eigenvalue weighted by atomic mass is 10.2. The Morgan fingerprint density at radius 3 is 2.90 bits per heavy atom. The molecule has 0 atom stereocenters. The largest absolute Gasteiger partial charge is 0.468 e. The van der Waals surface area contributed by atoms with Crippen LogP contribution in [-0.4, -0.2) is 36.6 Å². The van der Waals surface area contributed by atoms with Crippen LogP contribution in [0.5, 0.6) is 0 Å². The number of halogens is 1. The molecule has 0 fully saturated rings. The molecule has 2 aromatic rings. The number of thiazole rings is 1. The van der Waals surface area contributed by atoms with Gasteiger partial charge in [0.15, 0.2) is 0 Å². The number of esters is 1. The van der Waals surface area contributed by atoms with Crippen LogP contribution in [-0.2, 0) is 16.1 Å². The maximum Gasteiger partial charge on any atom is 0.319 e. The van der Waals surface area contributed by atoms with Crippen LogP contribution in [0, 0.1) is 0 Å². The van der Waals surface area contributed by atoms with Crippen molar-refractivity contribution in [1.29, 1.82) is 0 Å². The molecular formula is C14H15ClN2O2S. The van der Waals surface area contributed by atoms with Crippen molar-refractivity contribution in [2.45, 2.75) is 6.54 Å². The minimum atomic E-state index is -0.256. The van der Waals surface area contributed by atoms with Gasteiger partial charge in [-0.15, -0.1) is 11.3 Å². The Morgan fingerprint density at radius 1 is 1.45 bits per heavy atom. The van der Waals surface area contributed by atoms with Gasteiger partial charge < -0.3 is 4.74 Å². The number of rotatable bonds is 5. The molecule has 0 N–H and O–H groups in total. The molecule has 2 rings (SSSR count). The number of hydrogen-bond donors (Lipinski definition) is 0. The summed E-state index contributed by atoms with van der Waals surface area (Å²) in [7, 11) is 3.24. The van der Waals surface area contributed by atoms with Gasteiger partial charge in [0.1, 0.15) is 5.01 Å². The molecule has 0 saturated heterocycles. The van der Waals surface area contributed by atoms with E-state index in [1.807, 2.05) is 41.6 Å². The molecule has 6 heteroatoms. The molecule has 0 spiro atoms. The quantitative estimate of drug-likeness (QED) is 0.796. The van der Waals surface area contributed by atoms with Crippen LogP contribution in [0.25, 0.3) is 10.6 Å². The van der Waals surface area contributed by atoms with Crippen LogP contribution < -0.4 is 0 Å². The fourth-order valence-electron chi connectivity index (χ4n) is 1.76. The fraction of sp³-hybridized carbons (Fsp3) is 0.286. The number of ether oxygens (including phenoxy) is 1. The van der Waals surface area contributed by atoms with Crippen molar-refractivity contribution in [2.24, 2.45) is 0 Å². The molecule has 0 aliphatic rings. The highest BCUT2D eigenvalue weighted by molar-refractivity contribution is 7.13. The Bertz CT molecular complexity index is 600. The van der Waals surface area contributed by atoms with E-state index in [0.29, 0.717) is 11.6 Å². The second kappa shape index (κ2) is 6.83. The van der Waals surface area contributed by atoms with Gasteiger partial charge in [-0.3, -0.25) is 9.69 Å². The monoisotopic (exact) mass is 310 g/mol. The van der Waals surface area contributed by atoms with E-state index in [2.05, 4.69) is 9.72 Å². The summed E-state index contributed by atoms with van der Waals surface area (Å²) >= 11 is 7.70. The van der Waals surface area contributed by atoms with Crippen molar-refractivity contribution in [3.63, 3.8) is 0 Å². The molecular weight excluding hydrogens is 296 g/mol. The number of hydrogen-bond acceptors (Lipinski definition) is 5. The molecule has 0 unspecified atom stereocenters. The number of methoxy groups -OCH3 is 1. The number of nitrogens with zero attached hydrogens (tertiary/aromatic N) is 2. The number of aromatic nitrogens is 1. The van der Waals surface area contributed by atoms with Crippen LogP contribution in [0.15, 0.2) is 29.6 Å². The van der Waals surface area contributed by atoms with Crippen molar-refractivity contribution in [1.82, 2.24) is 9.88 Å². The Labute approximate surface area is 127 Å². The lowest BCUT2D eigenvalue weighted by molar-refractivity contribution is -0.141. The molecule has 0 saturated carbocycles. The Hall–Kier alpha value is -1.43. The number of carbonyl (C=O) groups is 1. The van der Waals surface area contributed by atoms with Gasteiger partial charge in [-0.1, -0.05) is 29.8 Å². The van der Waals surface area contributed by atoms with E-state index in [1.165, 1.54) is 7.11 Å². The first-order valence-corrected chi connectivity index (χ1v) is 7.30. The number of likely N-dealkylation sites (N-methyl/N-ethyl adjacent to an activating group) is 1. The third-order valence-electron chi connectivity index (χ3n) is 2.71. The van der Waals surface area contributed by atoms with E-state index in [0.717, 1.165) is 16.3 Å². The van der Waals surface area contributed by atoms with Gasteiger partial charge in [-0.2, -0.15) is 0 Å². The summed E-state index contributed by atoms with van der Waals surface area (Å²) in [6, 6.07) is 7.63. The summed E-state index contributed by atoms with van der Waals surface area (Å²) < 4.78 is 4.63. The van der Waals surface area contributed by atoms with Gasteiger partial charge in [-0.05, 0) is 13.1 Å². The van der Waals surface area contributed by atoms with Crippen LogP contribution in [0.4, 0.5) is 0 Å². The predicted molar refractivity (Wildman–Crippen MR) is 80.9 cm³/mol. The molecule has 1 aromatic carbocycles. The zero-order valence-electron chi connectivity index (χ0n) is 11.3. The van der Waals surface area contributed by atoms with Crippen molar-refractivity contribution in [3.8, 4) is 10.6 Å². The Kier molecular flexibility index (Phi) is 5.11. The highest BCUT2D eigenvalue weighted by Crippen LogP contribution is 2.30. The maximum absolute atomic E-state index is 11.2. The topological polar surface area (TPSA) is 42.4 Å². The molecule has 1 aromatic heterocycles. The van der Waals surface area contributed by atoms with Crippen LogP contribution in [0.1, 0.15) is 5.69 Å². The molecule has 0 bridgehead atoms. The van der Waals surface area contributed by atoms with E-state index >= 15 is 0 Å². The van der Waals surface area contributed by atoms with Crippen LogP contribution in [0.2, 0.25) is 5.02 Å². The van der Waals surface area contributed by atoms with Gasteiger partial charge in [0.05, 0.1) is 24.4 Å². The van der Waals surface area contributed by atoms with Crippen molar-refractivity contribution in [3.05, 3.63) is 40.4 Å². The second-order valence-corrected chi connectivity index (χ2v) is 5.64. The summed E-state index contributed by atoms with van der Waals surface area (Å²) in [5.74, 6) is -0.256. The van der Waals surface area contributed by atoms with E-state index < -0.39 is 0 Å². The molecule has 0 aliphatic carbocycles. The van der Waals surface area contributed by atoms with Crippen LogP contribution >= 0.6 is 22.9 Å². The van der Waals surface area contributed by atoms with Gasteiger partial charge in [0.25, 0.3) is 0 Å². The molecule has 0 aliphatic heterocycles. The molecule has 4 nitrogen and oxygen atoms in total. The second-order valence-electron chi connectivity index (χ2n) is 4.37. The molecule has 106 valence electrons. The summed E-state index contributed by atoms with van der Waals surface area (Å²) in [6.07, 6.45) is 0. The summed E-state index contributed by atoms with van der Waals surface area (Å²) in [5, 5.41) is 3.56. The van der Waals surface area contributed by atoms with E-state index in [9.17, 15) is 4.79 Å². The van der Waals surface area contributed by atoms with Gasteiger partial charge >= 0.3 is 5.97 Å². The highest BCUT2D eigenvalue weighted by Gasteiger charge is 2.11. The molecule has 20 heavy (non-hydrogen) atoms. The lowest BCUT2D eigenvalue weighted by Gasteiger charge is -2.12. The van der Waals surface area contributed by atoms with E-state index in [1.54, 1.807) is 11.3 Å². The molecule has 1 heterocycles. The first kappa shape index (κ1) is 15.0. The smallest absolute Gasteiger partial charge is 0.319 e. The SMILES string of the molecule is COC(=O)CN(C)Cc1csc(-c2ccccc2Cl)n1. The van der Waals surface area contributed by atoms with Crippen molar-refractivity contribution >= 4 is 28.9 Å². The maximum atomic E-state index is 11.2. The Morgan fingerprint density at radius 2 is 2.20 bits per heavy atom. The molecule has 0 radical (unpaired) electrons. The predicted octanol–water partition coefficient (Wildman–Crippen LogP) is 3.07. The number of benzene rings is 1. The van der Waals surface area contributed by atoms with Gasteiger partial charge in [0, 0.05) is 17.5 Å². The highest BCUT2D eigenvalue weighted by atomic mass is 35.5. The van der Waals surface area contributed by atoms with Gasteiger partial charge in [-0.25, -0.2) is 4.98 Å². The van der Waals surface area contributed by atoms with Crippen molar-refractivity contribution < 1.29 is 9.53 Å². The minimum Gasteiger partial charge on any atom is -0.468 e. The lowest BCUT2D eigenvalue weighted by Crippen LogP contribution is -2.26. The summed E-state index contributed by atoms with van der Waals surface area (Å²) in [4.78, 5) is 17.6. The van der Waals surface area contributed by atoms with E-state index in [4.69, 9.17) is 11.6 Å². The van der Waals surface area contributed by atoms with E-state index in [-0.39, 0.29) is 12.5 Å². The third kappa shape index (κ3) is 3.79. The first-order valence-electron chi connectivity index (χ1n) is 6.05. The Balaban J connectivity index is 2.06. The average Bonchev–Trinajstić information content (AvgIpc) is 2.87. The zero-order valence-corrected chi connectivity index (χ0v) is 12.9. The third-order valence-corrected chi connectivity index (χ3v) is 3.97. The first-order chi connectivity index (χ1) is 9.60. The molecule has 0 amide bonds. The van der Waals surface area contributed by atoms with Crippen molar-refractivity contribution in [2.75, 3.05) is 20.7 Å². The summed E-state index contributed by atoms with van der Waals surface area (Å²) in [6.45, 7) is 0.839. The summed E-state index contributed by atoms with van der Waals surface area (Å²) in [5.41, 5.74) is 1.84. The fourth-order valence-corrected chi connectivity index (χ4v) is 2.89. The standard InChI is InChI=1S/C14H15ClN2O2S/c1-17(8-13(18)19-2)7-10-9-20-14(16-10)11-5-3-4-6-12(11)15/h3-6,9H,7-8H2,1-2H3.